The van der Waals surface area contributed by atoms with E-state index in [2.05, 4.69) is 9.98 Å². The lowest BCUT2D eigenvalue weighted by molar-refractivity contribution is 0.0986. The van der Waals surface area contributed by atoms with Crippen molar-refractivity contribution >= 4 is 29.7 Å². The number of para-hydroxylation sites is 1. The Morgan fingerprint density at radius 2 is 2.12 bits per heavy atom. The van der Waals surface area contributed by atoms with Gasteiger partial charge < -0.3 is 14.2 Å². The maximum Gasteiger partial charge on any atom is 0.262 e. The molecule has 0 atom stereocenters. The number of furan rings is 1. The van der Waals surface area contributed by atoms with Gasteiger partial charge in [-0.3, -0.25) is 9.79 Å². The Balaban J connectivity index is 1.81. The van der Waals surface area contributed by atoms with E-state index in [1.165, 1.54) is 0 Å². The van der Waals surface area contributed by atoms with E-state index >= 15 is 0 Å². The molecule has 122 valence electrons. The molecular weight excluding hydrogens is 304 g/mol. The second kappa shape index (κ2) is 5.63. The monoisotopic (exact) mass is 322 g/mol. The zero-order valence-electron chi connectivity index (χ0n) is 13.7. The normalized spacial score (nSPS) is 15.1. The van der Waals surface area contributed by atoms with Gasteiger partial charge in [0.1, 0.15) is 17.9 Å². The largest absolute Gasteiger partial charge is 0.442 e. The minimum absolute atomic E-state index is 0.0853. The van der Waals surface area contributed by atoms with Crippen molar-refractivity contribution < 1.29 is 9.21 Å². The number of fused-ring (bicyclic) bond motifs is 3. The highest BCUT2D eigenvalue weighted by atomic mass is 16.4. The van der Waals surface area contributed by atoms with Gasteiger partial charge in [0.25, 0.3) is 5.91 Å². The molecule has 0 unspecified atom stereocenters. The highest BCUT2D eigenvalue weighted by Gasteiger charge is 2.35. The van der Waals surface area contributed by atoms with Crippen LogP contribution in [0.15, 0.2) is 44.7 Å². The molecule has 1 amide bonds. The SMILES string of the molecule is CCN(C(=O)c1c(C)oc2c1C1=NCCN1C=N2)c1ccccc1. The van der Waals surface area contributed by atoms with Gasteiger partial charge in [0.15, 0.2) is 0 Å². The number of carbonyl (C=O) groups is 1. The molecule has 6 heteroatoms. The van der Waals surface area contributed by atoms with Crippen LogP contribution in [0.4, 0.5) is 11.6 Å². The van der Waals surface area contributed by atoms with Gasteiger partial charge in [-0.1, -0.05) is 18.2 Å². The van der Waals surface area contributed by atoms with Gasteiger partial charge >= 0.3 is 0 Å². The summed E-state index contributed by atoms with van der Waals surface area (Å²) >= 11 is 0. The van der Waals surface area contributed by atoms with Crippen LogP contribution in [-0.4, -0.2) is 42.6 Å². The van der Waals surface area contributed by atoms with Gasteiger partial charge in [0.2, 0.25) is 5.88 Å². The molecule has 1 aromatic carbocycles. The Kier molecular flexibility index (Phi) is 3.45. The standard InChI is InChI=1S/C18H18N4O2/c1-3-22(13-7-5-4-6-8-13)18(23)14-12(2)24-17-15(14)16-19-9-10-21(16)11-20-17/h4-8,11H,3,9-10H2,1-2H3. The molecule has 0 fully saturated rings. The molecule has 3 heterocycles. The predicted octanol–water partition coefficient (Wildman–Crippen LogP) is 2.99. The number of amidine groups is 1. The number of aryl methyl sites for hydroxylation is 1. The van der Waals surface area contributed by atoms with Crippen LogP contribution in [0.5, 0.6) is 0 Å². The molecule has 1 aromatic heterocycles. The first-order chi connectivity index (χ1) is 11.7. The summed E-state index contributed by atoms with van der Waals surface area (Å²) in [5, 5.41) is 0. The molecule has 0 radical (unpaired) electrons. The Morgan fingerprint density at radius 3 is 2.88 bits per heavy atom. The topological polar surface area (TPSA) is 61.4 Å². The van der Waals surface area contributed by atoms with Crippen LogP contribution in [0.25, 0.3) is 0 Å². The molecule has 0 bridgehead atoms. The number of anilines is 1. The Morgan fingerprint density at radius 1 is 1.33 bits per heavy atom. The Bertz CT molecular complexity index is 851. The predicted molar refractivity (Wildman–Crippen MR) is 93.5 cm³/mol. The van der Waals surface area contributed by atoms with Crippen molar-refractivity contribution in [3.8, 4) is 0 Å². The van der Waals surface area contributed by atoms with Gasteiger partial charge in [-0.2, -0.15) is 0 Å². The van der Waals surface area contributed by atoms with Crippen molar-refractivity contribution in [3.05, 3.63) is 47.2 Å². The molecule has 6 nitrogen and oxygen atoms in total. The number of nitrogens with zero attached hydrogens (tertiary/aromatic N) is 4. The Hall–Kier alpha value is -2.89. The van der Waals surface area contributed by atoms with Gasteiger partial charge in [-0.25, -0.2) is 4.99 Å². The van der Waals surface area contributed by atoms with E-state index in [9.17, 15) is 4.79 Å². The number of amides is 1. The highest BCUT2D eigenvalue weighted by Crippen LogP contribution is 2.35. The zero-order valence-corrected chi connectivity index (χ0v) is 13.7. The molecule has 4 rings (SSSR count). The summed E-state index contributed by atoms with van der Waals surface area (Å²) in [6, 6.07) is 9.65. The van der Waals surface area contributed by atoms with E-state index in [1.807, 2.05) is 42.2 Å². The molecule has 0 spiro atoms. The first-order valence-electron chi connectivity index (χ1n) is 8.06. The molecule has 2 aliphatic rings. The van der Waals surface area contributed by atoms with Gasteiger partial charge in [0.05, 0.1) is 17.7 Å². The minimum atomic E-state index is -0.0853. The van der Waals surface area contributed by atoms with Crippen molar-refractivity contribution in [2.24, 2.45) is 9.98 Å². The summed E-state index contributed by atoms with van der Waals surface area (Å²) in [4.78, 5) is 25.8. The van der Waals surface area contributed by atoms with Crippen molar-refractivity contribution in [3.63, 3.8) is 0 Å². The fourth-order valence-electron chi connectivity index (χ4n) is 3.19. The molecular formula is C18H18N4O2. The molecule has 0 N–H and O–H groups in total. The third kappa shape index (κ3) is 2.14. The van der Waals surface area contributed by atoms with Gasteiger partial charge in [-0.15, -0.1) is 0 Å². The fourth-order valence-corrected chi connectivity index (χ4v) is 3.19. The first kappa shape index (κ1) is 14.7. The van der Waals surface area contributed by atoms with E-state index in [0.29, 0.717) is 35.9 Å². The molecule has 24 heavy (non-hydrogen) atoms. The summed E-state index contributed by atoms with van der Waals surface area (Å²) in [7, 11) is 0. The van der Waals surface area contributed by atoms with E-state index in [-0.39, 0.29) is 5.91 Å². The molecule has 2 aromatic rings. The van der Waals surface area contributed by atoms with Gasteiger partial charge in [-0.05, 0) is 26.0 Å². The number of carbonyl (C=O) groups excluding carboxylic acids is 1. The molecule has 2 aliphatic heterocycles. The lowest BCUT2D eigenvalue weighted by atomic mass is 10.1. The van der Waals surface area contributed by atoms with E-state index in [4.69, 9.17) is 4.42 Å². The van der Waals surface area contributed by atoms with E-state index < -0.39 is 0 Å². The lowest BCUT2D eigenvalue weighted by Gasteiger charge is -2.23. The summed E-state index contributed by atoms with van der Waals surface area (Å²) in [6.07, 6.45) is 1.72. The second-order valence-electron chi connectivity index (χ2n) is 5.74. The molecule has 0 saturated heterocycles. The van der Waals surface area contributed by atoms with Crippen molar-refractivity contribution in [1.29, 1.82) is 0 Å². The Labute approximate surface area is 140 Å². The minimum Gasteiger partial charge on any atom is -0.442 e. The highest BCUT2D eigenvalue weighted by molar-refractivity contribution is 6.20. The van der Waals surface area contributed by atoms with Crippen LogP contribution in [-0.2, 0) is 0 Å². The average Bonchev–Trinajstić information content (AvgIpc) is 3.19. The van der Waals surface area contributed by atoms with Crippen LogP contribution < -0.4 is 4.90 Å². The number of hydrogen-bond donors (Lipinski definition) is 0. The maximum absolute atomic E-state index is 13.3. The van der Waals surface area contributed by atoms with Crippen LogP contribution >= 0.6 is 0 Å². The third-order valence-corrected chi connectivity index (χ3v) is 4.32. The van der Waals surface area contributed by atoms with Crippen LogP contribution in [0.3, 0.4) is 0 Å². The summed E-state index contributed by atoms with van der Waals surface area (Å²) < 4.78 is 5.74. The summed E-state index contributed by atoms with van der Waals surface area (Å²) in [6.45, 7) is 5.83. The zero-order chi connectivity index (χ0) is 16.7. The fraction of sp³-hybridized carbons (Fsp3) is 0.278. The summed E-state index contributed by atoms with van der Waals surface area (Å²) in [5.41, 5.74) is 2.13. The average molecular weight is 322 g/mol. The smallest absolute Gasteiger partial charge is 0.262 e. The van der Waals surface area contributed by atoms with Gasteiger partial charge in [0, 0.05) is 18.8 Å². The van der Waals surface area contributed by atoms with Crippen molar-refractivity contribution in [2.75, 3.05) is 24.5 Å². The second-order valence-corrected chi connectivity index (χ2v) is 5.74. The van der Waals surface area contributed by atoms with E-state index in [0.717, 1.165) is 18.1 Å². The number of aliphatic imine (C=N–C) groups is 2. The summed E-state index contributed by atoms with van der Waals surface area (Å²) in [5.74, 6) is 1.74. The van der Waals surface area contributed by atoms with Crippen molar-refractivity contribution in [2.45, 2.75) is 13.8 Å². The third-order valence-electron chi connectivity index (χ3n) is 4.32. The number of benzene rings is 1. The van der Waals surface area contributed by atoms with Crippen LogP contribution in [0.2, 0.25) is 0 Å². The molecule has 0 saturated carbocycles. The maximum atomic E-state index is 13.3. The van der Waals surface area contributed by atoms with Crippen molar-refractivity contribution in [1.82, 2.24) is 4.90 Å². The lowest BCUT2D eigenvalue weighted by Crippen LogP contribution is -2.34. The van der Waals surface area contributed by atoms with E-state index in [1.54, 1.807) is 18.2 Å². The first-order valence-corrected chi connectivity index (χ1v) is 8.06. The number of hydrogen-bond acceptors (Lipinski definition) is 5. The molecule has 0 aliphatic carbocycles. The quantitative estimate of drug-likeness (QED) is 0.873. The van der Waals surface area contributed by atoms with Crippen LogP contribution in [0, 0.1) is 6.92 Å². The van der Waals surface area contributed by atoms with Crippen LogP contribution in [0.1, 0.15) is 28.6 Å². The number of rotatable bonds is 3.